The van der Waals surface area contributed by atoms with Crippen LogP contribution in [0.25, 0.3) is 32.9 Å². The molecule has 2 aromatic heterocycles. The van der Waals surface area contributed by atoms with Crippen molar-refractivity contribution in [1.82, 2.24) is 20.1 Å². The van der Waals surface area contributed by atoms with Crippen molar-refractivity contribution in [2.24, 2.45) is 7.05 Å². The zero-order valence-electron chi connectivity index (χ0n) is 17.9. The maximum absolute atomic E-state index is 16.0. The number of piperazine rings is 1. The molecule has 0 saturated carbocycles. The molecule has 33 heavy (non-hydrogen) atoms. The van der Waals surface area contributed by atoms with Gasteiger partial charge in [0, 0.05) is 49.4 Å². The van der Waals surface area contributed by atoms with Gasteiger partial charge >= 0.3 is 0 Å². The standard InChI is InChI=1S/C25H21F2N5O/c1-3-17-20(26)7-4-13-8-16(33)9-18(21(13)17)23-22(27)24-19(11-29-23)25(30-31(24)2)32-12-14-5-6-15(32)10-28-14/h1,4,7-9,11,14-15,28,33H,5-6,10,12H2,2H3. The second-order valence-electron chi connectivity index (χ2n) is 8.78. The Morgan fingerprint density at radius 1 is 1.24 bits per heavy atom. The molecule has 166 valence electrons. The van der Waals surface area contributed by atoms with Crippen LogP contribution in [0, 0.1) is 24.0 Å². The highest BCUT2D eigenvalue weighted by Crippen LogP contribution is 2.39. The third kappa shape index (κ3) is 2.89. The summed E-state index contributed by atoms with van der Waals surface area (Å²) in [7, 11) is 1.70. The molecule has 4 aromatic rings. The molecule has 0 radical (unpaired) electrons. The Hall–Kier alpha value is -3.70. The van der Waals surface area contributed by atoms with Crippen LogP contribution in [0.15, 0.2) is 30.5 Å². The molecule has 3 saturated heterocycles. The number of aromatic hydroxyl groups is 1. The van der Waals surface area contributed by atoms with Crippen LogP contribution in [0.1, 0.15) is 18.4 Å². The number of benzene rings is 2. The summed E-state index contributed by atoms with van der Waals surface area (Å²) in [6.07, 6.45) is 9.38. The fourth-order valence-corrected chi connectivity index (χ4v) is 5.32. The van der Waals surface area contributed by atoms with E-state index in [9.17, 15) is 9.50 Å². The van der Waals surface area contributed by atoms with Crippen molar-refractivity contribution in [1.29, 1.82) is 0 Å². The number of terminal acetylenes is 1. The number of phenolic OH excluding ortho intramolecular Hbond substituents is 1. The molecule has 6 nitrogen and oxygen atoms in total. The summed E-state index contributed by atoms with van der Waals surface area (Å²) in [6, 6.07) is 6.30. The number of aryl methyl sites for hydroxylation is 1. The van der Waals surface area contributed by atoms with Crippen LogP contribution in [0.2, 0.25) is 0 Å². The Bertz CT molecular complexity index is 1480. The normalized spacial score (nSPS) is 20.0. The molecular formula is C25H21F2N5O. The van der Waals surface area contributed by atoms with Gasteiger partial charge in [0.1, 0.15) is 22.8 Å². The predicted molar refractivity (Wildman–Crippen MR) is 123 cm³/mol. The first kappa shape index (κ1) is 19.9. The van der Waals surface area contributed by atoms with Crippen LogP contribution in [0.4, 0.5) is 14.6 Å². The van der Waals surface area contributed by atoms with Crippen molar-refractivity contribution in [2.75, 3.05) is 18.0 Å². The van der Waals surface area contributed by atoms with Crippen molar-refractivity contribution in [3.05, 3.63) is 47.7 Å². The van der Waals surface area contributed by atoms with Crippen molar-refractivity contribution >= 4 is 27.5 Å². The van der Waals surface area contributed by atoms with Crippen molar-refractivity contribution in [3.63, 3.8) is 0 Å². The number of nitrogens with zero attached hydrogens (tertiary/aromatic N) is 4. The number of pyridine rings is 1. The van der Waals surface area contributed by atoms with E-state index in [1.807, 2.05) is 0 Å². The van der Waals surface area contributed by atoms with Crippen molar-refractivity contribution < 1.29 is 13.9 Å². The van der Waals surface area contributed by atoms with Gasteiger partial charge in [0.15, 0.2) is 11.6 Å². The van der Waals surface area contributed by atoms with Crippen molar-refractivity contribution in [2.45, 2.75) is 24.9 Å². The molecule has 2 N–H and O–H groups in total. The summed E-state index contributed by atoms with van der Waals surface area (Å²) < 4.78 is 32.0. The number of halogens is 2. The van der Waals surface area contributed by atoms with Gasteiger partial charge in [-0.15, -0.1) is 6.42 Å². The third-order valence-corrected chi connectivity index (χ3v) is 6.87. The number of anilines is 1. The Morgan fingerprint density at radius 2 is 2.09 bits per heavy atom. The monoisotopic (exact) mass is 445 g/mol. The maximum atomic E-state index is 16.0. The lowest BCUT2D eigenvalue weighted by Crippen LogP contribution is -2.61. The fourth-order valence-electron chi connectivity index (χ4n) is 5.32. The molecule has 7 rings (SSSR count). The van der Waals surface area contributed by atoms with Gasteiger partial charge in [-0.3, -0.25) is 9.67 Å². The molecule has 2 bridgehead atoms. The average Bonchev–Trinajstić information content (AvgIpc) is 3.17. The fraction of sp³-hybridized carbons (Fsp3) is 0.280. The van der Waals surface area contributed by atoms with E-state index in [4.69, 9.17) is 6.42 Å². The van der Waals surface area contributed by atoms with Crippen LogP contribution in [0.3, 0.4) is 0 Å². The average molecular weight is 445 g/mol. The van der Waals surface area contributed by atoms with Gasteiger partial charge in [0.2, 0.25) is 0 Å². The first-order valence-electron chi connectivity index (χ1n) is 10.9. The van der Waals surface area contributed by atoms with E-state index < -0.39 is 11.6 Å². The van der Waals surface area contributed by atoms with E-state index >= 15 is 4.39 Å². The summed E-state index contributed by atoms with van der Waals surface area (Å²) in [6.45, 7) is 1.70. The zero-order valence-corrected chi connectivity index (χ0v) is 17.9. The number of phenols is 1. The smallest absolute Gasteiger partial charge is 0.175 e. The second-order valence-corrected chi connectivity index (χ2v) is 8.78. The third-order valence-electron chi connectivity index (χ3n) is 6.87. The quantitative estimate of drug-likeness (QED) is 0.461. The van der Waals surface area contributed by atoms with Crippen LogP contribution in [-0.4, -0.2) is 45.0 Å². The summed E-state index contributed by atoms with van der Waals surface area (Å²) >= 11 is 0. The summed E-state index contributed by atoms with van der Waals surface area (Å²) in [5.41, 5.74) is 0.536. The zero-order chi connectivity index (χ0) is 22.9. The minimum Gasteiger partial charge on any atom is -0.508 e. The SMILES string of the molecule is C#Cc1c(F)ccc2cc(O)cc(-c3ncc4c(N5CC6CCC5CN6)nn(C)c4c3F)c12. The van der Waals surface area contributed by atoms with E-state index in [-0.39, 0.29) is 22.6 Å². The maximum Gasteiger partial charge on any atom is 0.175 e. The minimum absolute atomic E-state index is 0.00586. The summed E-state index contributed by atoms with van der Waals surface area (Å²) in [4.78, 5) is 6.67. The molecule has 2 aromatic carbocycles. The van der Waals surface area contributed by atoms with Crippen LogP contribution in [-0.2, 0) is 7.05 Å². The molecule has 3 fully saturated rings. The molecule has 3 aliphatic heterocycles. The number of rotatable bonds is 2. The van der Waals surface area contributed by atoms with Gasteiger partial charge in [0.25, 0.3) is 0 Å². The highest BCUT2D eigenvalue weighted by atomic mass is 19.1. The van der Waals surface area contributed by atoms with Crippen LogP contribution < -0.4 is 10.2 Å². The second kappa shape index (κ2) is 7.15. The Morgan fingerprint density at radius 3 is 2.79 bits per heavy atom. The summed E-state index contributed by atoms with van der Waals surface area (Å²) in [5.74, 6) is 1.82. The van der Waals surface area contributed by atoms with Gasteiger partial charge in [-0.2, -0.15) is 5.10 Å². The van der Waals surface area contributed by atoms with E-state index in [1.165, 1.54) is 28.9 Å². The Balaban J connectivity index is 1.58. The van der Waals surface area contributed by atoms with Gasteiger partial charge in [-0.1, -0.05) is 12.0 Å². The number of piperidine rings is 2. The Labute approximate surface area is 188 Å². The first-order valence-corrected chi connectivity index (χ1v) is 10.9. The molecule has 2 atom stereocenters. The lowest BCUT2D eigenvalue weighted by atomic mass is 9.93. The lowest BCUT2D eigenvalue weighted by Gasteiger charge is -2.46. The predicted octanol–water partition coefficient (Wildman–Crippen LogP) is 3.69. The number of fused-ring (bicyclic) bond motifs is 5. The highest BCUT2D eigenvalue weighted by Gasteiger charge is 2.36. The largest absolute Gasteiger partial charge is 0.508 e. The topological polar surface area (TPSA) is 66.2 Å². The molecule has 0 aliphatic carbocycles. The number of nitrogens with one attached hydrogen (secondary N) is 1. The first-order chi connectivity index (χ1) is 16.0. The minimum atomic E-state index is -0.590. The molecular weight excluding hydrogens is 424 g/mol. The van der Waals surface area contributed by atoms with Crippen LogP contribution in [0.5, 0.6) is 5.75 Å². The highest BCUT2D eigenvalue weighted by molar-refractivity contribution is 6.03. The van der Waals surface area contributed by atoms with Gasteiger partial charge in [-0.25, -0.2) is 8.78 Å². The molecule has 2 unspecified atom stereocenters. The molecule has 0 amide bonds. The Kier molecular flexibility index (Phi) is 4.32. The molecule has 8 heteroatoms. The lowest BCUT2D eigenvalue weighted by molar-refractivity contribution is 0.289. The van der Waals surface area contributed by atoms with Crippen molar-refractivity contribution in [3.8, 4) is 29.4 Å². The number of hydrogen-bond donors (Lipinski definition) is 2. The van der Waals surface area contributed by atoms with Gasteiger partial charge in [-0.05, 0) is 36.4 Å². The van der Waals surface area contributed by atoms with Gasteiger partial charge < -0.3 is 15.3 Å². The van der Waals surface area contributed by atoms with E-state index in [2.05, 4.69) is 26.2 Å². The number of hydrogen-bond acceptors (Lipinski definition) is 5. The molecule has 3 aliphatic rings. The molecule has 5 heterocycles. The summed E-state index contributed by atoms with van der Waals surface area (Å²) in [5, 5.41) is 19.9. The number of aromatic nitrogens is 3. The van der Waals surface area contributed by atoms with E-state index in [1.54, 1.807) is 13.2 Å². The van der Waals surface area contributed by atoms with Gasteiger partial charge in [0.05, 0.1) is 10.9 Å². The van der Waals surface area contributed by atoms with E-state index in [0.717, 1.165) is 31.7 Å². The molecule has 0 spiro atoms. The van der Waals surface area contributed by atoms with Crippen LogP contribution >= 0.6 is 0 Å². The van der Waals surface area contributed by atoms with E-state index in [0.29, 0.717) is 33.8 Å².